The van der Waals surface area contributed by atoms with Gasteiger partial charge in [0.15, 0.2) is 0 Å². The summed E-state index contributed by atoms with van der Waals surface area (Å²) in [5, 5.41) is 0. The van der Waals surface area contributed by atoms with Gasteiger partial charge >= 0.3 is 0 Å². The largest absolute Gasteiger partial charge is 0.378 e. The van der Waals surface area contributed by atoms with E-state index >= 15 is 0 Å². The molecule has 1 fully saturated rings. The first kappa shape index (κ1) is 16.4. The van der Waals surface area contributed by atoms with Gasteiger partial charge in [0.2, 0.25) is 0 Å². The smallest absolute Gasteiger partial charge is 0.254 e. The second kappa shape index (κ2) is 8.47. The molecule has 1 aromatic rings. The first-order valence-corrected chi connectivity index (χ1v) is 8.17. The Morgan fingerprint density at radius 1 is 1.19 bits per heavy atom. The van der Waals surface area contributed by atoms with Crippen molar-refractivity contribution >= 4 is 34.8 Å². The van der Waals surface area contributed by atoms with Crippen molar-refractivity contribution in [1.82, 2.24) is 4.90 Å². The second-order valence-corrected chi connectivity index (χ2v) is 5.58. The van der Waals surface area contributed by atoms with Crippen LogP contribution in [0.3, 0.4) is 0 Å². The van der Waals surface area contributed by atoms with Crippen LogP contribution in [0.25, 0.3) is 0 Å². The summed E-state index contributed by atoms with van der Waals surface area (Å²) in [6.07, 6.45) is 0. The van der Waals surface area contributed by atoms with E-state index in [1.807, 2.05) is 29.2 Å². The standard InChI is InChI=1S/C15H20Cl2N2O2/c16-4-6-18(7-5-17)14-3-1-2-13(12-14)15(20)19-8-10-21-11-9-19/h1-3,12H,4-11H2. The van der Waals surface area contributed by atoms with E-state index in [1.54, 1.807) is 0 Å². The van der Waals surface area contributed by atoms with Crippen molar-refractivity contribution in [1.29, 1.82) is 0 Å². The summed E-state index contributed by atoms with van der Waals surface area (Å²) >= 11 is 11.7. The lowest BCUT2D eigenvalue weighted by atomic mass is 10.1. The Labute approximate surface area is 135 Å². The first-order chi connectivity index (χ1) is 10.3. The van der Waals surface area contributed by atoms with Crippen LogP contribution in [0, 0.1) is 0 Å². The molecule has 0 radical (unpaired) electrons. The summed E-state index contributed by atoms with van der Waals surface area (Å²) in [7, 11) is 0. The van der Waals surface area contributed by atoms with Gasteiger partial charge in [0.05, 0.1) is 13.2 Å². The van der Waals surface area contributed by atoms with Crippen LogP contribution in [0.5, 0.6) is 0 Å². The molecule has 2 rings (SSSR count). The maximum absolute atomic E-state index is 12.5. The van der Waals surface area contributed by atoms with Crippen molar-refractivity contribution < 1.29 is 9.53 Å². The molecule has 116 valence electrons. The van der Waals surface area contributed by atoms with Crippen LogP contribution in [0.1, 0.15) is 10.4 Å². The van der Waals surface area contributed by atoms with E-state index in [-0.39, 0.29) is 5.91 Å². The first-order valence-electron chi connectivity index (χ1n) is 7.10. The fourth-order valence-corrected chi connectivity index (χ4v) is 2.77. The zero-order valence-electron chi connectivity index (χ0n) is 11.9. The van der Waals surface area contributed by atoms with E-state index in [2.05, 4.69) is 4.90 Å². The van der Waals surface area contributed by atoms with Gasteiger partial charge in [0.1, 0.15) is 0 Å². The Kier molecular flexibility index (Phi) is 6.61. The molecule has 1 aliphatic heterocycles. The Morgan fingerprint density at radius 3 is 2.48 bits per heavy atom. The summed E-state index contributed by atoms with van der Waals surface area (Å²) in [5.74, 6) is 1.11. The molecule has 6 heteroatoms. The van der Waals surface area contributed by atoms with E-state index in [9.17, 15) is 4.79 Å². The van der Waals surface area contributed by atoms with Crippen molar-refractivity contribution in [3.63, 3.8) is 0 Å². The highest BCUT2D eigenvalue weighted by atomic mass is 35.5. The molecule has 1 heterocycles. The predicted molar refractivity (Wildman–Crippen MR) is 86.8 cm³/mol. The number of benzene rings is 1. The van der Waals surface area contributed by atoms with Crippen molar-refractivity contribution in [3.05, 3.63) is 29.8 Å². The summed E-state index contributed by atoms with van der Waals surface area (Å²) in [5.41, 5.74) is 1.68. The fourth-order valence-electron chi connectivity index (χ4n) is 2.36. The molecule has 0 bridgehead atoms. The van der Waals surface area contributed by atoms with Gasteiger partial charge in [-0.25, -0.2) is 0 Å². The maximum atomic E-state index is 12.5. The average molecular weight is 331 g/mol. The zero-order valence-corrected chi connectivity index (χ0v) is 13.4. The number of ether oxygens (including phenoxy) is 1. The number of anilines is 1. The summed E-state index contributed by atoms with van der Waals surface area (Å²) in [6.45, 7) is 3.94. The quantitative estimate of drug-likeness (QED) is 0.751. The molecule has 0 atom stereocenters. The number of morpholine rings is 1. The number of hydrogen-bond donors (Lipinski definition) is 0. The van der Waals surface area contributed by atoms with E-state index < -0.39 is 0 Å². The van der Waals surface area contributed by atoms with Crippen molar-refractivity contribution in [2.75, 3.05) is 56.1 Å². The van der Waals surface area contributed by atoms with Gasteiger partial charge in [-0.15, -0.1) is 23.2 Å². The van der Waals surface area contributed by atoms with Crippen LogP contribution in [-0.4, -0.2) is 62.0 Å². The lowest BCUT2D eigenvalue weighted by Gasteiger charge is -2.28. The minimum Gasteiger partial charge on any atom is -0.378 e. The van der Waals surface area contributed by atoms with Crippen LogP contribution >= 0.6 is 23.2 Å². The number of halogens is 2. The lowest BCUT2D eigenvalue weighted by molar-refractivity contribution is 0.0303. The van der Waals surface area contributed by atoms with Crippen LogP contribution in [0.2, 0.25) is 0 Å². The third-order valence-corrected chi connectivity index (χ3v) is 3.80. The van der Waals surface area contributed by atoms with Crippen molar-refractivity contribution in [3.8, 4) is 0 Å². The summed E-state index contributed by atoms with van der Waals surface area (Å²) < 4.78 is 5.28. The molecule has 0 aliphatic carbocycles. The number of amides is 1. The lowest BCUT2D eigenvalue weighted by Crippen LogP contribution is -2.40. The van der Waals surface area contributed by atoms with Crippen LogP contribution in [0.15, 0.2) is 24.3 Å². The molecule has 1 aromatic carbocycles. The Morgan fingerprint density at radius 2 is 1.86 bits per heavy atom. The SMILES string of the molecule is O=C(c1cccc(N(CCCl)CCCl)c1)N1CCOCC1. The Bertz CT molecular complexity index is 459. The molecule has 1 saturated heterocycles. The Balaban J connectivity index is 2.13. The van der Waals surface area contributed by atoms with E-state index in [1.165, 1.54) is 0 Å². The molecular formula is C15H20Cl2N2O2. The van der Waals surface area contributed by atoms with Crippen LogP contribution < -0.4 is 4.90 Å². The average Bonchev–Trinajstić information content (AvgIpc) is 2.55. The normalized spacial score (nSPS) is 15.0. The van der Waals surface area contributed by atoms with Crippen molar-refractivity contribution in [2.45, 2.75) is 0 Å². The number of alkyl halides is 2. The molecule has 0 spiro atoms. The molecule has 0 saturated carbocycles. The van der Waals surface area contributed by atoms with Crippen molar-refractivity contribution in [2.24, 2.45) is 0 Å². The minimum atomic E-state index is 0.0526. The molecule has 1 aliphatic rings. The molecule has 4 nitrogen and oxygen atoms in total. The molecule has 0 aromatic heterocycles. The van der Waals surface area contributed by atoms with Gasteiger partial charge in [-0.2, -0.15) is 0 Å². The van der Waals surface area contributed by atoms with Gasteiger partial charge in [-0.1, -0.05) is 6.07 Å². The fraction of sp³-hybridized carbons (Fsp3) is 0.533. The topological polar surface area (TPSA) is 32.8 Å². The highest BCUT2D eigenvalue weighted by Crippen LogP contribution is 2.18. The predicted octanol–water partition coefficient (Wildman–Crippen LogP) is 2.44. The maximum Gasteiger partial charge on any atom is 0.254 e. The highest BCUT2D eigenvalue weighted by Gasteiger charge is 2.19. The molecule has 1 amide bonds. The number of carbonyl (C=O) groups excluding carboxylic acids is 1. The van der Waals surface area contributed by atoms with Crippen LogP contribution in [-0.2, 0) is 4.74 Å². The van der Waals surface area contributed by atoms with E-state index in [0.29, 0.717) is 56.7 Å². The van der Waals surface area contributed by atoms with Gasteiger partial charge < -0.3 is 14.5 Å². The number of carbonyl (C=O) groups is 1. The molecular weight excluding hydrogens is 311 g/mol. The molecule has 21 heavy (non-hydrogen) atoms. The second-order valence-electron chi connectivity index (χ2n) is 4.82. The summed E-state index contributed by atoms with van der Waals surface area (Å²) in [4.78, 5) is 16.4. The summed E-state index contributed by atoms with van der Waals surface area (Å²) in [6, 6.07) is 7.64. The molecule has 0 unspecified atom stereocenters. The third kappa shape index (κ3) is 4.50. The molecule has 0 N–H and O–H groups in total. The monoisotopic (exact) mass is 330 g/mol. The van der Waals surface area contributed by atoms with Gasteiger partial charge in [0.25, 0.3) is 5.91 Å². The van der Waals surface area contributed by atoms with Gasteiger partial charge in [-0.05, 0) is 18.2 Å². The van der Waals surface area contributed by atoms with E-state index in [0.717, 1.165) is 5.69 Å². The van der Waals surface area contributed by atoms with Gasteiger partial charge in [-0.3, -0.25) is 4.79 Å². The zero-order chi connectivity index (χ0) is 15.1. The minimum absolute atomic E-state index is 0.0526. The van der Waals surface area contributed by atoms with E-state index in [4.69, 9.17) is 27.9 Å². The third-order valence-electron chi connectivity index (χ3n) is 3.47. The highest BCUT2D eigenvalue weighted by molar-refractivity contribution is 6.18. The number of rotatable bonds is 6. The van der Waals surface area contributed by atoms with Crippen LogP contribution in [0.4, 0.5) is 5.69 Å². The number of nitrogens with zero attached hydrogens (tertiary/aromatic N) is 2. The number of hydrogen-bond acceptors (Lipinski definition) is 3. The van der Waals surface area contributed by atoms with Gasteiger partial charge in [0, 0.05) is 49.2 Å². The Hall–Kier alpha value is -0.970.